The minimum atomic E-state index is -4.55. The predicted molar refractivity (Wildman–Crippen MR) is 65.6 cm³/mol. The summed E-state index contributed by atoms with van der Waals surface area (Å²) >= 11 is 0. The van der Waals surface area contributed by atoms with E-state index in [0.29, 0.717) is 11.0 Å². The van der Waals surface area contributed by atoms with Crippen LogP contribution < -0.4 is 0 Å². The highest BCUT2D eigenvalue weighted by Gasteiger charge is 2.27. The number of esters is 1. The van der Waals surface area contributed by atoms with Crippen LogP contribution in [0.25, 0.3) is 0 Å². The molecule has 0 aromatic carbocycles. The van der Waals surface area contributed by atoms with E-state index in [1.165, 1.54) is 0 Å². The van der Waals surface area contributed by atoms with E-state index in [2.05, 4.69) is 11.1 Å². The zero-order valence-electron chi connectivity index (χ0n) is 10.9. The highest BCUT2D eigenvalue weighted by atomic mass is 31.2. The molecular weight excluding hydrogens is 261 g/mol. The number of hydrogen-bond acceptors (Lipinski definition) is 4. The summed E-state index contributed by atoms with van der Waals surface area (Å²) in [5.74, 6) is -0.574. The van der Waals surface area contributed by atoms with Crippen LogP contribution in [0.1, 0.15) is 6.42 Å². The lowest BCUT2D eigenvalue weighted by Gasteiger charge is -2.29. The summed E-state index contributed by atoms with van der Waals surface area (Å²) in [4.78, 5) is 28.4. The smallest absolute Gasteiger partial charge is 0.462 e. The van der Waals surface area contributed by atoms with Gasteiger partial charge >= 0.3 is 13.8 Å². The number of hydrogen-bond donors (Lipinski definition) is 2. The van der Waals surface area contributed by atoms with Crippen LogP contribution in [0.4, 0.5) is 0 Å². The molecule has 0 aromatic rings. The molecule has 1 unspecified atom stereocenters. The number of likely N-dealkylation sites (N-methyl/N-ethyl adjacent to an activating group) is 1. The Kier molecular flexibility index (Phi) is 6.73. The van der Waals surface area contributed by atoms with Gasteiger partial charge in [0.05, 0.1) is 27.7 Å². The Bertz CT molecular complexity index is 332. The van der Waals surface area contributed by atoms with Crippen LogP contribution in [0.3, 0.4) is 0 Å². The maximum atomic E-state index is 10.8. The van der Waals surface area contributed by atoms with Crippen molar-refractivity contribution in [2.45, 2.75) is 12.5 Å². The van der Waals surface area contributed by atoms with E-state index in [9.17, 15) is 9.36 Å². The zero-order valence-corrected chi connectivity index (χ0v) is 11.8. The largest absolute Gasteiger partial charge is 0.470 e. The van der Waals surface area contributed by atoms with Crippen LogP contribution in [0, 0.1) is 0 Å². The molecule has 0 saturated heterocycles. The van der Waals surface area contributed by atoms with Gasteiger partial charge in [-0.2, -0.15) is 0 Å². The van der Waals surface area contributed by atoms with Crippen molar-refractivity contribution in [3.63, 3.8) is 0 Å². The molecule has 0 fully saturated rings. The minimum absolute atomic E-state index is 0.0233. The summed E-state index contributed by atoms with van der Waals surface area (Å²) in [7, 11) is 1.05. The summed E-state index contributed by atoms with van der Waals surface area (Å²) in [6.07, 6.45) is 0.544. The summed E-state index contributed by atoms with van der Waals surface area (Å²) in [6.45, 7) is 3.65. The van der Waals surface area contributed by atoms with Crippen molar-refractivity contribution in [1.82, 2.24) is 0 Å². The molecule has 0 amide bonds. The highest BCUT2D eigenvalue weighted by molar-refractivity contribution is 7.46. The van der Waals surface area contributed by atoms with Crippen LogP contribution in [-0.4, -0.2) is 60.6 Å². The number of carbonyl (C=O) groups is 1. The number of phosphoric acid groups is 1. The Hall–Kier alpha value is -0.720. The second kappa shape index (κ2) is 7.01. The molecule has 0 spiro atoms. The van der Waals surface area contributed by atoms with E-state index in [0.717, 1.165) is 6.08 Å². The molecule has 0 rings (SSSR count). The molecule has 106 valence electrons. The van der Waals surface area contributed by atoms with Gasteiger partial charge in [0.1, 0.15) is 12.6 Å². The molecule has 0 aliphatic rings. The van der Waals surface area contributed by atoms with Gasteiger partial charge in [0.25, 0.3) is 0 Å². The SMILES string of the molecule is C=CC(=O)OCCC(C[N+](C)(C)C)OP(=O)(O)O. The van der Waals surface area contributed by atoms with Gasteiger partial charge in [0, 0.05) is 12.5 Å². The molecule has 0 heterocycles. The van der Waals surface area contributed by atoms with Gasteiger partial charge in [-0.1, -0.05) is 6.58 Å². The number of phosphoric ester groups is 1. The molecule has 1 atom stereocenters. The third-order valence-electron chi connectivity index (χ3n) is 1.89. The van der Waals surface area contributed by atoms with Crippen molar-refractivity contribution in [2.75, 3.05) is 34.3 Å². The normalized spacial score (nSPS) is 14.1. The second-order valence-corrected chi connectivity index (χ2v) is 6.04. The minimum Gasteiger partial charge on any atom is -0.462 e. The Morgan fingerprint density at radius 1 is 1.44 bits per heavy atom. The van der Waals surface area contributed by atoms with Crippen molar-refractivity contribution >= 4 is 13.8 Å². The first-order valence-electron chi connectivity index (χ1n) is 5.37. The number of carbonyl (C=O) groups excluding carboxylic acids is 1. The van der Waals surface area contributed by atoms with Gasteiger partial charge in [-0.05, 0) is 0 Å². The summed E-state index contributed by atoms with van der Waals surface area (Å²) in [5, 5.41) is 0. The Morgan fingerprint density at radius 3 is 2.39 bits per heavy atom. The highest BCUT2D eigenvalue weighted by Crippen LogP contribution is 2.38. The van der Waals surface area contributed by atoms with Crippen molar-refractivity contribution in [3.8, 4) is 0 Å². The average molecular weight is 282 g/mol. The van der Waals surface area contributed by atoms with Gasteiger partial charge in [-0.3, -0.25) is 4.52 Å². The number of ether oxygens (including phenoxy) is 1. The maximum Gasteiger partial charge on any atom is 0.470 e. The van der Waals surface area contributed by atoms with Crippen molar-refractivity contribution in [3.05, 3.63) is 12.7 Å². The quantitative estimate of drug-likeness (QED) is 0.288. The molecule has 0 saturated carbocycles. The summed E-state index contributed by atoms with van der Waals surface area (Å²) in [5.41, 5.74) is 0. The Balaban J connectivity index is 4.34. The first kappa shape index (κ1) is 17.3. The Morgan fingerprint density at radius 2 is 2.00 bits per heavy atom. The zero-order chi connectivity index (χ0) is 14.4. The molecule has 0 aliphatic carbocycles. The van der Waals surface area contributed by atoms with Gasteiger partial charge in [0.2, 0.25) is 0 Å². The fourth-order valence-corrected chi connectivity index (χ4v) is 1.89. The van der Waals surface area contributed by atoms with E-state index >= 15 is 0 Å². The molecule has 2 N–H and O–H groups in total. The van der Waals surface area contributed by atoms with Gasteiger partial charge in [-0.15, -0.1) is 0 Å². The van der Waals surface area contributed by atoms with Crippen molar-refractivity contribution in [1.29, 1.82) is 0 Å². The fourth-order valence-electron chi connectivity index (χ4n) is 1.33. The lowest BCUT2D eigenvalue weighted by Crippen LogP contribution is -2.42. The number of quaternary nitrogens is 1. The van der Waals surface area contributed by atoms with Crippen molar-refractivity contribution < 1.29 is 32.9 Å². The number of nitrogens with zero attached hydrogens (tertiary/aromatic N) is 1. The van der Waals surface area contributed by atoms with Crippen LogP contribution in [0.5, 0.6) is 0 Å². The third-order valence-corrected chi connectivity index (χ3v) is 2.46. The molecule has 0 aliphatic heterocycles. The van der Waals surface area contributed by atoms with Crippen molar-refractivity contribution in [2.24, 2.45) is 0 Å². The first-order valence-corrected chi connectivity index (χ1v) is 6.90. The molecule has 0 aromatic heterocycles. The van der Waals surface area contributed by atoms with E-state index in [1.54, 1.807) is 0 Å². The molecule has 8 heteroatoms. The molecule has 7 nitrogen and oxygen atoms in total. The van der Waals surface area contributed by atoms with Crippen LogP contribution in [0.15, 0.2) is 12.7 Å². The summed E-state index contributed by atoms with van der Waals surface area (Å²) < 4.78 is 20.7. The third kappa shape index (κ3) is 10.4. The van der Waals surface area contributed by atoms with E-state index in [-0.39, 0.29) is 13.0 Å². The predicted octanol–water partition coefficient (Wildman–Crippen LogP) is 0.290. The average Bonchev–Trinajstić information content (AvgIpc) is 2.12. The van der Waals surface area contributed by atoms with Gasteiger partial charge < -0.3 is 19.0 Å². The number of rotatable bonds is 8. The van der Waals surface area contributed by atoms with Gasteiger partial charge in [0.15, 0.2) is 0 Å². The maximum absolute atomic E-state index is 10.8. The fraction of sp³-hybridized carbons (Fsp3) is 0.700. The lowest BCUT2D eigenvalue weighted by molar-refractivity contribution is -0.873. The van der Waals surface area contributed by atoms with E-state index in [1.807, 2.05) is 21.1 Å². The van der Waals surface area contributed by atoms with Crippen LogP contribution in [0.2, 0.25) is 0 Å². The lowest BCUT2D eigenvalue weighted by atomic mass is 10.2. The van der Waals surface area contributed by atoms with E-state index in [4.69, 9.17) is 14.5 Å². The Labute approximate surface area is 107 Å². The van der Waals surface area contributed by atoms with E-state index < -0.39 is 19.9 Å². The second-order valence-electron chi connectivity index (χ2n) is 4.85. The summed E-state index contributed by atoms with van der Waals surface area (Å²) in [6, 6.07) is 0. The standard InChI is InChI=1S/C10H20NO6P/c1-5-10(12)16-7-6-9(8-11(2,3)4)17-18(13,14)15/h5,9H,1,6-8H2,2-4H3,(H-,13,14,15)/p+1. The topological polar surface area (TPSA) is 93.1 Å². The molecular formula is C10H21NO6P+. The molecule has 18 heavy (non-hydrogen) atoms. The first-order chi connectivity index (χ1) is 8.03. The molecule has 0 radical (unpaired) electrons. The van der Waals surface area contributed by atoms with Crippen LogP contribution >= 0.6 is 7.82 Å². The van der Waals surface area contributed by atoms with Crippen LogP contribution in [-0.2, 0) is 18.6 Å². The van der Waals surface area contributed by atoms with Gasteiger partial charge in [-0.25, -0.2) is 9.36 Å². The monoisotopic (exact) mass is 282 g/mol. The molecule has 0 bridgehead atoms.